The first kappa shape index (κ1) is 13.6. The highest BCUT2D eigenvalue weighted by atomic mass is 16.5. The van der Waals surface area contributed by atoms with E-state index in [1.165, 1.54) is 0 Å². The Labute approximate surface area is 118 Å². The maximum Gasteiger partial charge on any atom is 0.248 e. The molecular weight excluding hydrogens is 258 g/mol. The number of rotatable bonds is 3. The summed E-state index contributed by atoms with van der Waals surface area (Å²) < 4.78 is 10.3. The van der Waals surface area contributed by atoms with Crippen LogP contribution >= 0.6 is 0 Å². The summed E-state index contributed by atoms with van der Waals surface area (Å²) >= 11 is 0. The second-order valence-corrected chi connectivity index (χ2v) is 5.58. The number of piperidine rings is 1. The monoisotopic (exact) mass is 279 g/mol. The van der Waals surface area contributed by atoms with E-state index >= 15 is 0 Å². The predicted octanol–water partition coefficient (Wildman–Crippen LogP) is 0.806. The van der Waals surface area contributed by atoms with Gasteiger partial charge in [0.25, 0.3) is 0 Å². The number of likely N-dealkylation sites (tertiary alicyclic amines) is 1. The van der Waals surface area contributed by atoms with E-state index < -0.39 is 0 Å². The van der Waals surface area contributed by atoms with Gasteiger partial charge in [0.05, 0.1) is 12.3 Å². The van der Waals surface area contributed by atoms with Gasteiger partial charge in [-0.3, -0.25) is 9.69 Å². The molecule has 0 saturated carbocycles. The van der Waals surface area contributed by atoms with Crippen molar-refractivity contribution in [1.29, 1.82) is 0 Å². The van der Waals surface area contributed by atoms with Crippen molar-refractivity contribution in [2.75, 3.05) is 32.8 Å². The topological polar surface area (TPSA) is 58.8 Å². The van der Waals surface area contributed by atoms with E-state index in [1.54, 1.807) is 0 Å². The fourth-order valence-electron chi connectivity index (χ4n) is 3.03. The number of carbonyl (C=O) groups excluding carboxylic acids is 1. The number of nitrogens with zero attached hydrogens (tertiary/aromatic N) is 3. The van der Waals surface area contributed by atoms with Crippen LogP contribution in [-0.4, -0.2) is 59.8 Å². The van der Waals surface area contributed by atoms with Gasteiger partial charge in [0, 0.05) is 38.3 Å². The van der Waals surface area contributed by atoms with Crippen LogP contribution in [0.2, 0.25) is 0 Å². The van der Waals surface area contributed by atoms with E-state index in [2.05, 4.69) is 10.1 Å². The lowest BCUT2D eigenvalue weighted by molar-refractivity contribution is -0.146. The number of hydrogen-bond donors (Lipinski definition) is 0. The SMILES string of the molecule is Cc1cc(CN2CCC(N3CCOCC3=O)CC2)no1. The molecule has 1 aromatic heterocycles. The van der Waals surface area contributed by atoms with Crippen molar-refractivity contribution in [3.05, 3.63) is 17.5 Å². The predicted molar refractivity (Wildman–Crippen MR) is 72.1 cm³/mol. The summed E-state index contributed by atoms with van der Waals surface area (Å²) in [4.78, 5) is 16.2. The van der Waals surface area contributed by atoms with Crippen LogP contribution in [0.4, 0.5) is 0 Å². The molecule has 20 heavy (non-hydrogen) atoms. The second-order valence-electron chi connectivity index (χ2n) is 5.58. The summed E-state index contributed by atoms with van der Waals surface area (Å²) in [6.07, 6.45) is 2.06. The van der Waals surface area contributed by atoms with Crippen LogP contribution in [-0.2, 0) is 16.1 Å². The molecular formula is C14H21N3O3. The minimum absolute atomic E-state index is 0.141. The van der Waals surface area contributed by atoms with Gasteiger partial charge in [-0.15, -0.1) is 0 Å². The number of ether oxygens (including phenoxy) is 1. The third-order valence-corrected chi connectivity index (χ3v) is 4.08. The van der Waals surface area contributed by atoms with Crippen LogP contribution < -0.4 is 0 Å². The van der Waals surface area contributed by atoms with Crippen LogP contribution in [0.3, 0.4) is 0 Å². The summed E-state index contributed by atoms with van der Waals surface area (Å²) in [5.41, 5.74) is 0.989. The summed E-state index contributed by atoms with van der Waals surface area (Å²) in [6, 6.07) is 2.36. The highest BCUT2D eigenvalue weighted by Crippen LogP contribution is 2.19. The zero-order valence-electron chi connectivity index (χ0n) is 11.9. The standard InChI is InChI=1S/C14H21N3O3/c1-11-8-12(15-20-11)9-16-4-2-13(3-5-16)17-6-7-19-10-14(17)18/h8,13H,2-7,9-10H2,1H3. The fraction of sp³-hybridized carbons (Fsp3) is 0.714. The molecule has 0 N–H and O–H groups in total. The van der Waals surface area contributed by atoms with Gasteiger partial charge in [-0.05, 0) is 19.8 Å². The zero-order chi connectivity index (χ0) is 13.9. The summed E-state index contributed by atoms with van der Waals surface area (Å²) in [5.74, 6) is 0.996. The smallest absolute Gasteiger partial charge is 0.248 e. The van der Waals surface area contributed by atoms with E-state index in [-0.39, 0.29) is 12.5 Å². The number of aromatic nitrogens is 1. The largest absolute Gasteiger partial charge is 0.370 e. The van der Waals surface area contributed by atoms with Crippen LogP contribution in [0.25, 0.3) is 0 Å². The third kappa shape index (κ3) is 3.02. The maximum absolute atomic E-state index is 11.8. The molecule has 1 aromatic rings. The van der Waals surface area contributed by atoms with Crippen molar-refractivity contribution in [3.63, 3.8) is 0 Å². The molecule has 2 fully saturated rings. The average Bonchev–Trinajstić information content (AvgIpc) is 2.86. The van der Waals surface area contributed by atoms with Gasteiger partial charge in [-0.2, -0.15) is 0 Å². The highest BCUT2D eigenvalue weighted by Gasteiger charge is 2.29. The molecule has 1 amide bonds. The van der Waals surface area contributed by atoms with Crippen molar-refractivity contribution in [3.8, 4) is 0 Å². The molecule has 0 bridgehead atoms. The van der Waals surface area contributed by atoms with Gasteiger partial charge >= 0.3 is 0 Å². The minimum atomic E-state index is 0.141. The van der Waals surface area contributed by atoms with E-state index in [0.29, 0.717) is 12.6 Å². The summed E-state index contributed by atoms with van der Waals surface area (Å²) in [6.45, 7) is 6.41. The van der Waals surface area contributed by atoms with E-state index in [9.17, 15) is 4.79 Å². The molecule has 0 aliphatic carbocycles. The molecule has 0 atom stereocenters. The summed E-state index contributed by atoms with van der Waals surface area (Å²) in [5, 5.41) is 4.03. The first-order valence-corrected chi connectivity index (χ1v) is 7.24. The summed E-state index contributed by atoms with van der Waals surface area (Å²) in [7, 11) is 0. The molecule has 0 aromatic carbocycles. The van der Waals surface area contributed by atoms with E-state index in [0.717, 1.165) is 50.5 Å². The first-order valence-electron chi connectivity index (χ1n) is 7.24. The van der Waals surface area contributed by atoms with Crippen molar-refractivity contribution in [2.24, 2.45) is 0 Å². The highest BCUT2D eigenvalue weighted by molar-refractivity contribution is 5.78. The Hall–Kier alpha value is -1.40. The maximum atomic E-state index is 11.8. The van der Waals surface area contributed by atoms with Gasteiger partial charge in [0.15, 0.2) is 0 Å². The van der Waals surface area contributed by atoms with Crippen LogP contribution in [0.5, 0.6) is 0 Å². The van der Waals surface area contributed by atoms with Gasteiger partial charge in [0.2, 0.25) is 5.91 Å². The number of amides is 1. The van der Waals surface area contributed by atoms with Crippen LogP contribution in [0, 0.1) is 6.92 Å². The van der Waals surface area contributed by atoms with Crippen molar-refractivity contribution in [1.82, 2.24) is 15.0 Å². The zero-order valence-corrected chi connectivity index (χ0v) is 11.9. The molecule has 3 rings (SSSR count). The van der Waals surface area contributed by atoms with Crippen molar-refractivity contribution < 1.29 is 14.1 Å². The Balaban J connectivity index is 1.50. The average molecular weight is 279 g/mol. The molecule has 110 valence electrons. The fourth-order valence-corrected chi connectivity index (χ4v) is 3.03. The molecule has 3 heterocycles. The molecule has 2 saturated heterocycles. The number of carbonyl (C=O) groups is 1. The van der Waals surface area contributed by atoms with Gasteiger partial charge in [0.1, 0.15) is 12.4 Å². The van der Waals surface area contributed by atoms with E-state index in [1.807, 2.05) is 17.9 Å². The Kier molecular flexibility index (Phi) is 4.03. The molecule has 2 aliphatic heterocycles. The van der Waals surface area contributed by atoms with E-state index in [4.69, 9.17) is 9.26 Å². The number of morpholine rings is 1. The van der Waals surface area contributed by atoms with Crippen molar-refractivity contribution >= 4 is 5.91 Å². The molecule has 0 radical (unpaired) electrons. The van der Waals surface area contributed by atoms with Gasteiger partial charge < -0.3 is 14.2 Å². The molecule has 6 nitrogen and oxygen atoms in total. The molecule has 6 heteroatoms. The lowest BCUT2D eigenvalue weighted by Crippen LogP contribution is -2.51. The number of hydrogen-bond acceptors (Lipinski definition) is 5. The normalized spacial score (nSPS) is 22.4. The Bertz CT molecular complexity index is 466. The number of aryl methyl sites for hydroxylation is 1. The Morgan fingerprint density at radius 1 is 1.35 bits per heavy atom. The lowest BCUT2D eigenvalue weighted by Gasteiger charge is -2.39. The first-order chi connectivity index (χ1) is 9.72. The van der Waals surface area contributed by atoms with Gasteiger partial charge in [-0.1, -0.05) is 5.16 Å². The van der Waals surface area contributed by atoms with Crippen molar-refractivity contribution in [2.45, 2.75) is 32.4 Å². The third-order valence-electron chi connectivity index (χ3n) is 4.08. The molecule has 0 spiro atoms. The molecule has 0 unspecified atom stereocenters. The van der Waals surface area contributed by atoms with Gasteiger partial charge in [-0.25, -0.2) is 0 Å². The Morgan fingerprint density at radius 2 is 2.15 bits per heavy atom. The lowest BCUT2D eigenvalue weighted by atomic mass is 10.0. The van der Waals surface area contributed by atoms with Crippen LogP contribution in [0.1, 0.15) is 24.3 Å². The molecule has 2 aliphatic rings. The minimum Gasteiger partial charge on any atom is -0.370 e. The quantitative estimate of drug-likeness (QED) is 0.819. The Morgan fingerprint density at radius 3 is 2.80 bits per heavy atom. The second kappa shape index (κ2) is 5.93. The van der Waals surface area contributed by atoms with Crippen LogP contribution in [0.15, 0.2) is 10.6 Å².